The van der Waals surface area contributed by atoms with Crippen molar-refractivity contribution in [1.82, 2.24) is 0 Å². The molecule has 4 aliphatic rings. The van der Waals surface area contributed by atoms with Crippen molar-refractivity contribution in [2.45, 2.75) is 70.5 Å². The van der Waals surface area contributed by atoms with E-state index in [1.807, 2.05) is 6.92 Å². The number of carbonyl (C=O) groups excluding carboxylic acids is 3. The lowest BCUT2D eigenvalue weighted by Gasteiger charge is -2.60. The van der Waals surface area contributed by atoms with Gasteiger partial charge in [-0.2, -0.15) is 0 Å². The van der Waals surface area contributed by atoms with Crippen LogP contribution < -0.4 is 0 Å². The fraction of sp³-hybridized carbons (Fsp3) is 0.783. The Bertz CT molecular complexity index is 808. The molecule has 0 saturated heterocycles. The molecule has 0 aromatic rings. The predicted octanol–water partition coefficient (Wildman–Crippen LogP) is 2.57. The lowest BCUT2D eigenvalue weighted by molar-refractivity contribution is -0.184. The van der Waals surface area contributed by atoms with Crippen LogP contribution in [0.2, 0.25) is 0 Å². The summed E-state index contributed by atoms with van der Waals surface area (Å²) in [5.41, 5.74) is -1.46. The standard InChI is InChI=1S/C23H31ClO6/c1-21-7-5-14(25)9-13(21)3-4-15-16-6-8-23(29,18(27)12-30-19(28)11-24)22(16,2)10-17(26)20(15)21/h9,15-17,20,26,29H,3-8,10-12H2,1-2H3/t15-,16+,17+,20+,21-,22+,23-/m0/s1. The second-order valence-electron chi connectivity index (χ2n) is 10.2. The van der Waals surface area contributed by atoms with E-state index in [1.165, 1.54) is 0 Å². The SMILES string of the molecule is C[C@]12CCC(=O)C=C1CC[C@@H]1[C@@H]2[C@H](O)C[C@]2(C)[C@@H]1CC[C@]2(O)C(=O)COC(=O)CCl. The van der Waals surface area contributed by atoms with Crippen LogP contribution in [0.3, 0.4) is 0 Å². The number of alkyl halides is 1. The molecule has 0 unspecified atom stereocenters. The molecule has 6 nitrogen and oxygen atoms in total. The van der Waals surface area contributed by atoms with Crippen LogP contribution in [0.5, 0.6) is 0 Å². The van der Waals surface area contributed by atoms with Gasteiger partial charge in [-0.3, -0.25) is 14.4 Å². The van der Waals surface area contributed by atoms with Gasteiger partial charge >= 0.3 is 5.97 Å². The van der Waals surface area contributed by atoms with E-state index in [0.29, 0.717) is 25.7 Å². The van der Waals surface area contributed by atoms with Crippen LogP contribution in [-0.2, 0) is 19.1 Å². The molecular formula is C23H31ClO6. The highest BCUT2D eigenvalue weighted by atomic mass is 35.5. The van der Waals surface area contributed by atoms with Crippen LogP contribution in [0.1, 0.15) is 58.8 Å². The van der Waals surface area contributed by atoms with E-state index in [4.69, 9.17) is 16.3 Å². The number of carbonyl (C=O) groups is 3. The topological polar surface area (TPSA) is 101 Å². The van der Waals surface area contributed by atoms with Gasteiger partial charge in [0.25, 0.3) is 0 Å². The van der Waals surface area contributed by atoms with Crippen LogP contribution in [0.4, 0.5) is 0 Å². The van der Waals surface area contributed by atoms with Crippen LogP contribution in [-0.4, -0.2) is 51.9 Å². The summed E-state index contributed by atoms with van der Waals surface area (Å²) < 4.78 is 4.90. The van der Waals surface area contributed by atoms with E-state index in [2.05, 4.69) is 6.92 Å². The largest absolute Gasteiger partial charge is 0.457 e. The summed E-state index contributed by atoms with van der Waals surface area (Å²) in [7, 11) is 0. The highest BCUT2D eigenvalue weighted by Gasteiger charge is 2.68. The normalized spacial score (nSPS) is 45.1. The molecule has 3 saturated carbocycles. The zero-order valence-corrected chi connectivity index (χ0v) is 18.4. The molecule has 3 fully saturated rings. The Hall–Kier alpha value is -1.24. The zero-order valence-electron chi connectivity index (χ0n) is 17.7. The minimum Gasteiger partial charge on any atom is -0.457 e. The Labute approximate surface area is 182 Å². The molecule has 0 amide bonds. The third-order valence-corrected chi connectivity index (χ3v) is 9.20. The summed E-state index contributed by atoms with van der Waals surface area (Å²) >= 11 is 5.43. The molecule has 0 aromatic carbocycles. The maximum atomic E-state index is 12.9. The molecule has 0 bridgehead atoms. The van der Waals surface area contributed by atoms with Gasteiger partial charge < -0.3 is 14.9 Å². The molecule has 7 heteroatoms. The van der Waals surface area contributed by atoms with Crippen molar-refractivity contribution >= 4 is 29.1 Å². The highest BCUT2D eigenvalue weighted by Crippen LogP contribution is 2.67. The smallest absolute Gasteiger partial charge is 0.321 e. The second kappa shape index (κ2) is 7.42. The van der Waals surface area contributed by atoms with Gasteiger partial charge in [0.1, 0.15) is 11.5 Å². The third-order valence-electron chi connectivity index (χ3n) is 8.98. The van der Waals surface area contributed by atoms with Gasteiger partial charge in [0.05, 0.1) is 6.10 Å². The molecule has 2 N–H and O–H groups in total. The average molecular weight is 439 g/mol. The Morgan fingerprint density at radius 3 is 2.67 bits per heavy atom. The fourth-order valence-corrected chi connectivity index (χ4v) is 7.53. The second-order valence-corrected chi connectivity index (χ2v) is 10.5. The Balaban J connectivity index is 1.62. The number of esters is 1. The van der Waals surface area contributed by atoms with Crippen LogP contribution in [0.25, 0.3) is 0 Å². The minimum absolute atomic E-state index is 0.0233. The first-order valence-corrected chi connectivity index (χ1v) is 11.5. The van der Waals surface area contributed by atoms with Gasteiger partial charge in [-0.25, -0.2) is 0 Å². The molecule has 166 valence electrons. The molecule has 30 heavy (non-hydrogen) atoms. The van der Waals surface area contributed by atoms with Crippen molar-refractivity contribution < 1.29 is 29.3 Å². The molecule has 0 aliphatic heterocycles. The lowest BCUT2D eigenvalue weighted by Crippen LogP contribution is -2.62. The Kier molecular flexibility index (Phi) is 5.43. The molecular weight excluding hydrogens is 408 g/mol. The van der Waals surface area contributed by atoms with Crippen molar-refractivity contribution in [3.05, 3.63) is 11.6 Å². The maximum Gasteiger partial charge on any atom is 0.321 e. The molecule has 7 atom stereocenters. The molecule has 4 rings (SSSR count). The first kappa shape index (κ1) is 22.0. The number of allylic oxidation sites excluding steroid dienone is 1. The number of ketones is 2. The van der Waals surface area contributed by atoms with Crippen molar-refractivity contribution in [3.63, 3.8) is 0 Å². The van der Waals surface area contributed by atoms with E-state index >= 15 is 0 Å². The van der Waals surface area contributed by atoms with E-state index in [9.17, 15) is 24.6 Å². The number of hydrogen-bond acceptors (Lipinski definition) is 6. The van der Waals surface area contributed by atoms with Crippen LogP contribution in [0, 0.1) is 28.6 Å². The minimum atomic E-state index is -1.63. The summed E-state index contributed by atoms with van der Waals surface area (Å²) in [5.74, 6) is -1.07. The number of rotatable bonds is 4. The summed E-state index contributed by atoms with van der Waals surface area (Å²) in [5, 5.41) is 22.8. The molecule has 4 aliphatic carbocycles. The third kappa shape index (κ3) is 3.01. The number of Topliss-reactive ketones (excluding diaryl/α,β-unsaturated/α-hetero) is 1. The van der Waals surface area contributed by atoms with Crippen molar-refractivity contribution in [2.24, 2.45) is 28.6 Å². The Morgan fingerprint density at radius 2 is 1.97 bits per heavy atom. The predicted molar refractivity (Wildman–Crippen MR) is 110 cm³/mol. The summed E-state index contributed by atoms with van der Waals surface area (Å²) in [4.78, 5) is 36.3. The fourth-order valence-electron chi connectivity index (χ4n) is 7.45. The van der Waals surface area contributed by atoms with Crippen LogP contribution in [0.15, 0.2) is 11.6 Å². The first-order chi connectivity index (χ1) is 14.1. The number of halogens is 1. The quantitative estimate of drug-likeness (QED) is 0.516. The van der Waals surface area contributed by atoms with Crippen LogP contribution >= 0.6 is 11.6 Å². The maximum absolute atomic E-state index is 12.9. The van der Waals surface area contributed by atoms with Gasteiger partial charge in [0, 0.05) is 11.8 Å². The summed E-state index contributed by atoms with van der Waals surface area (Å²) in [6.45, 7) is 3.58. The zero-order chi connectivity index (χ0) is 21.9. The highest BCUT2D eigenvalue weighted by molar-refractivity contribution is 6.26. The number of aliphatic hydroxyl groups is 2. The first-order valence-electron chi connectivity index (χ1n) is 11.0. The Morgan fingerprint density at radius 1 is 1.23 bits per heavy atom. The molecule has 0 heterocycles. The van der Waals surface area contributed by atoms with Crippen molar-refractivity contribution in [3.8, 4) is 0 Å². The summed E-state index contributed by atoms with van der Waals surface area (Å²) in [6, 6.07) is 0. The van der Waals surface area contributed by atoms with E-state index in [0.717, 1.165) is 24.8 Å². The van der Waals surface area contributed by atoms with E-state index in [1.54, 1.807) is 6.08 Å². The lowest BCUT2D eigenvalue weighted by atomic mass is 9.45. The number of ether oxygens (including phenoxy) is 1. The van der Waals surface area contributed by atoms with Crippen molar-refractivity contribution in [1.29, 1.82) is 0 Å². The van der Waals surface area contributed by atoms with Gasteiger partial charge in [-0.15, -0.1) is 11.6 Å². The molecule has 0 radical (unpaired) electrons. The van der Waals surface area contributed by atoms with Gasteiger partial charge in [-0.1, -0.05) is 19.4 Å². The van der Waals surface area contributed by atoms with Gasteiger partial charge in [0.2, 0.25) is 5.78 Å². The van der Waals surface area contributed by atoms with E-state index in [-0.39, 0.29) is 34.8 Å². The number of aliphatic hydroxyl groups excluding tert-OH is 1. The molecule has 0 aromatic heterocycles. The summed E-state index contributed by atoms with van der Waals surface area (Å²) in [6.07, 6.45) is 5.37. The number of hydrogen-bond donors (Lipinski definition) is 2. The van der Waals surface area contributed by atoms with Crippen molar-refractivity contribution in [2.75, 3.05) is 12.5 Å². The van der Waals surface area contributed by atoms with Gasteiger partial charge in [0.15, 0.2) is 12.4 Å². The monoisotopic (exact) mass is 438 g/mol. The number of fused-ring (bicyclic) bond motifs is 5. The average Bonchev–Trinajstić information content (AvgIpc) is 2.97. The van der Waals surface area contributed by atoms with Gasteiger partial charge in [-0.05, 0) is 67.8 Å². The molecule has 0 spiro atoms. The van der Waals surface area contributed by atoms with E-state index < -0.39 is 35.5 Å².